The van der Waals surface area contributed by atoms with Crippen LogP contribution in [0.5, 0.6) is 5.75 Å². The van der Waals surface area contributed by atoms with Crippen molar-refractivity contribution < 1.29 is 4.74 Å². The van der Waals surface area contributed by atoms with Crippen molar-refractivity contribution in [2.75, 3.05) is 6.61 Å². The highest BCUT2D eigenvalue weighted by Gasteiger charge is 2.31. The average molecular weight is 421 g/mol. The highest BCUT2D eigenvalue weighted by atomic mass is 31.0. The molecule has 2 atom stereocenters. The van der Waals surface area contributed by atoms with Gasteiger partial charge in [-0.05, 0) is 86.1 Å². The first-order valence-electron chi connectivity index (χ1n) is 11.9. The summed E-state index contributed by atoms with van der Waals surface area (Å²) in [6.45, 7) is 5.11. The Morgan fingerprint density at radius 1 is 0.821 bits per heavy atom. The molecule has 2 saturated carbocycles. The number of unbranched alkanes of at least 4 members (excludes halogenated alkanes) is 2. The van der Waals surface area contributed by atoms with Gasteiger partial charge in [-0.1, -0.05) is 51.5 Å². The van der Waals surface area contributed by atoms with E-state index >= 15 is 0 Å². The van der Waals surface area contributed by atoms with Crippen LogP contribution in [0.25, 0.3) is 0 Å². The Balaban J connectivity index is 1.48. The summed E-state index contributed by atoms with van der Waals surface area (Å²) in [6.07, 6.45) is 17.5. The second kappa shape index (κ2) is 11.3. The second-order valence-electron chi connectivity index (χ2n) is 9.30. The van der Waals surface area contributed by atoms with Crippen LogP contribution in [0.15, 0.2) is 12.1 Å². The first-order valence-corrected chi connectivity index (χ1v) is 13.1. The molecule has 3 heteroatoms. The van der Waals surface area contributed by atoms with E-state index in [0.29, 0.717) is 0 Å². The Morgan fingerprint density at radius 3 is 2.07 bits per heavy atom. The highest BCUT2D eigenvalue weighted by molar-refractivity contribution is 7.36. The maximum absolute atomic E-state index is 5.76. The molecule has 2 aliphatic carbocycles. The van der Waals surface area contributed by atoms with E-state index in [1.165, 1.54) is 93.2 Å². The summed E-state index contributed by atoms with van der Waals surface area (Å²) in [4.78, 5) is 0. The van der Waals surface area contributed by atoms with Gasteiger partial charge in [-0.2, -0.15) is 0 Å². The summed E-state index contributed by atoms with van der Waals surface area (Å²) in [6, 6.07) is 4.51. The summed E-state index contributed by atoms with van der Waals surface area (Å²) < 4.78 is 5.76. The molecular weight excluding hydrogens is 378 g/mol. The van der Waals surface area contributed by atoms with Gasteiger partial charge in [-0.3, -0.25) is 0 Å². The molecule has 0 radical (unpaired) electrons. The van der Waals surface area contributed by atoms with Gasteiger partial charge >= 0.3 is 0 Å². The molecule has 0 saturated heterocycles. The van der Waals surface area contributed by atoms with Gasteiger partial charge in [0.2, 0.25) is 0 Å². The molecule has 28 heavy (non-hydrogen) atoms. The van der Waals surface area contributed by atoms with Crippen LogP contribution in [-0.4, -0.2) is 6.61 Å². The lowest BCUT2D eigenvalue weighted by atomic mass is 9.68. The van der Waals surface area contributed by atoms with Crippen molar-refractivity contribution in [2.45, 2.75) is 96.8 Å². The minimum absolute atomic E-state index is 0.733. The molecule has 1 aromatic carbocycles. The number of hydrogen-bond acceptors (Lipinski definition) is 1. The number of benzene rings is 1. The number of rotatable bonds is 8. The fourth-order valence-corrected chi connectivity index (χ4v) is 6.62. The maximum atomic E-state index is 5.76. The molecule has 0 heterocycles. The zero-order valence-corrected chi connectivity index (χ0v) is 20.5. The molecular formula is C25H42OP2. The Hall–Kier alpha value is -0.120. The third kappa shape index (κ3) is 5.73. The number of ether oxygens (including phenoxy) is 1. The molecule has 0 N–H and O–H groups in total. The predicted octanol–water partition coefficient (Wildman–Crippen LogP) is 6.75. The van der Waals surface area contributed by atoms with Crippen LogP contribution in [-0.2, 0) is 0 Å². The number of hydrogen-bond donors (Lipinski definition) is 0. The first-order chi connectivity index (χ1) is 13.6. The first kappa shape index (κ1) is 22.6. The van der Waals surface area contributed by atoms with Crippen LogP contribution < -0.4 is 15.3 Å². The Kier molecular flexibility index (Phi) is 9.12. The van der Waals surface area contributed by atoms with Gasteiger partial charge in [0.15, 0.2) is 0 Å². The fourth-order valence-electron chi connectivity index (χ4n) is 5.80. The Labute approximate surface area is 178 Å². The van der Waals surface area contributed by atoms with Crippen LogP contribution in [0.1, 0.15) is 102 Å². The van der Waals surface area contributed by atoms with E-state index in [-0.39, 0.29) is 0 Å². The van der Waals surface area contributed by atoms with Crippen LogP contribution in [0.2, 0.25) is 0 Å². The largest absolute Gasteiger partial charge is 0.493 e. The van der Waals surface area contributed by atoms with Crippen molar-refractivity contribution in [3.05, 3.63) is 17.7 Å². The summed E-state index contributed by atoms with van der Waals surface area (Å²) in [5.41, 5.74) is 1.54. The summed E-state index contributed by atoms with van der Waals surface area (Å²) >= 11 is 0. The minimum atomic E-state index is 0.733. The quantitative estimate of drug-likeness (QED) is 0.334. The van der Waals surface area contributed by atoms with Crippen molar-refractivity contribution in [3.8, 4) is 5.75 Å². The van der Waals surface area contributed by atoms with Gasteiger partial charge in [-0.15, -0.1) is 18.5 Å². The Bertz CT molecular complexity index is 599. The van der Waals surface area contributed by atoms with Crippen LogP contribution in [0.3, 0.4) is 0 Å². The molecule has 0 bridgehead atoms. The van der Waals surface area contributed by atoms with Crippen molar-refractivity contribution in [3.63, 3.8) is 0 Å². The normalized spacial score (nSPS) is 28.3. The minimum Gasteiger partial charge on any atom is -0.493 e. The fraction of sp³-hybridized carbons (Fsp3) is 0.760. The molecule has 3 rings (SSSR count). The van der Waals surface area contributed by atoms with Gasteiger partial charge in [0, 0.05) is 5.30 Å². The van der Waals surface area contributed by atoms with E-state index < -0.39 is 0 Å². The molecule has 2 aliphatic rings. The van der Waals surface area contributed by atoms with Gasteiger partial charge in [0.1, 0.15) is 5.75 Å². The van der Waals surface area contributed by atoms with E-state index in [1.807, 2.05) is 0 Å². The van der Waals surface area contributed by atoms with Gasteiger partial charge in [0.05, 0.1) is 6.61 Å². The highest BCUT2D eigenvalue weighted by Crippen LogP contribution is 2.44. The van der Waals surface area contributed by atoms with Crippen molar-refractivity contribution in [1.82, 2.24) is 0 Å². The van der Waals surface area contributed by atoms with Crippen LogP contribution >= 0.6 is 18.5 Å². The van der Waals surface area contributed by atoms with Gasteiger partial charge < -0.3 is 4.74 Å². The summed E-state index contributed by atoms with van der Waals surface area (Å²) in [5.74, 6) is 4.83. The van der Waals surface area contributed by atoms with Crippen molar-refractivity contribution in [1.29, 1.82) is 0 Å². The lowest BCUT2D eigenvalue weighted by Gasteiger charge is -2.38. The topological polar surface area (TPSA) is 9.23 Å². The van der Waals surface area contributed by atoms with Crippen LogP contribution in [0.4, 0.5) is 0 Å². The molecule has 1 aromatic rings. The molecule has 0 spiro atoms. The smallest absolute Gasteiger partial charge is 0.127 e. The Morgan fingerprint density at radius 2 is 1.46 bits per heavy atom. The SMILES string of the molecule is CCCCCC1CCC(C2CCC(c3ccc(OCC)c(P)c3P)CC2)CC1. The standard InChI is InChI=1S/C25H42OP2/c1-3-5-6-7-18-8-10-19(11-9-18)20-12-14-21(15-13-20)22-16-17-23(26-4-2)25(28)24(22)27/h16-21H,3-15,27-28H2,1-2H3. The molecule has 0 amide bonds. The van der Waals surface area contributed by atoms with E-state index in [9.17, 15) is 0 Å². The monoisotopic (exact) mass is 420 g/mol. The van der Waals surface area contributed by atoms with Crippen LogP contribution in [0, 0.1) is 17.8 Å². The molecule has 0 aliphatic heterocycles. The third-order valence-corrected chi connectivity index (χ3v) is 9.14. The summed E-state index contributed by atoms with van der Waals surface area (Å²) in [5, 5.41) is 2.58. The van der Waals surface area contributed by atoms with Crippen molar-refractivity contribution in [2.24, 2.45) is 17.8 Å². The average Bonchev–Trinajstić information content (AvgIpc) is 2.73. The lowest BCUT2D eigenvalue weighted by molar-refractivity contribution is 0.156. The maximum Gasteiger partial charge on any atom is 0.127 e. The predicted molar refractivity (Wildman–Crippen MR) is 131 cm³/mol. The van der Waals surface area contributed by atoms with E-state index in [0.717, 1.165) is 36.0 Å². The third-order valence-electron chi connectivity index (χ3n) is 7.57. The molecule has 0 aromatic heterocycles. The van der Waals surface area contributed by atoms with Crippen molar-refractivity contribution >= 4 is 29.1 Å². The molecule has 2 unspecified atom stereocenters. The molecule has 1 nitrogen and oxygen atoms in total. The lowest BCUT2D eigenvalue weighted by Crippen LogP contribution is -2.27. The van der Waals surface area contributed by atoms with E-state index in [4.69, 9.17) is 4.74 Å². The van der Waals surface area contributed by atoms with E-state index in [2.05, 4.69) is 44.5 Å². The molecule has 158 valence electrons. The summed E-state index contributed by atoms with van der Waals surface area (Å²) in [7, 11) is 5.88. The zero-order chi connectivity index (χ0) is 19.9. The second-order valence-corrected chi connectivity index (χ2v) is 10.5. The van der Waals surface area contributed by atoms with Gasteiger partial charge in [0.25, 0.3) is 0 Å². The molecule has 2 fully saturated rings. The van der Waals surface area contributed by atoms with E-state index in [1.54, 1.807) is 0 Å². The van der Waals surface area contributed by atoms with Gasteiger partial charge in [-0.25, -0.2) is 0 Å². The zero-order valence-electron chi connectivity index (χ0n) is 18.2.